The minimum Gasteiger partial charge on any atom is -0.409 e. The molecule has 3 rings (SSSR count). The predicted molar refractivity (Wildman–Crippen MR) is 107 cm³/mol. The molecule has 0 spiro atoms. The first-order chi connectivity index (χ1) is 12.7. The molecule has 0 bridgehead atoms. The molecule has 0 saturated heterocycles. The average molecular weight is 366 g/mol. The van der Waals surface area contributed by atoms with E-state index in [2.05, 4.69) is 26.0 Å². The highest BCUT2D eigenvalue weighted by molar-refractivity contribution is 7.43. The molecule has 3 aromatic carbocycles. The molecular formula is C22H23O3P. The summed E-state index contributed by atoms with van der Waals surface area (Å²) in [7, 11) is -1.64. The highest BCUT2D eigenvalue weighted by atomic mass is 31.2. The highest BCUT2D eigenvalue weighted by Gasteiger charge is 2.21. The molecule has 0 saturated carbocycles. The summed E-state index contributed by atoms with van der Waals surface area (Å²) < 4.78 is 18.3. The quantitative estimate of drug-likeness (QED) is 0.439. The van der Waals surface area contributed by atoms with Crippen molar-refractivity contribution in [3.63, 3.8) is 0 Å². The summed E-state index contributed by atoms with van der Waals surface area (Å²) in [6.07, 6.45) is 0.883. The molecule has 0 aliphatic heterocycles. The summed E-state index contributed by atoms with van der Waals surface area (Å²) in [6.45, 7) is 6.19. The first-order valence-corrected chi connectivity index (χ1v) is 9.79. The van der Waals surface area contributed by atoms with E-state index in [1.807, 2.05) is 67.6 Å². The third-order valence-electron chi connectivity index (χ3n) is 3.95. The Hall–Kier alpha value is -2.51. The standard InChI is InChI=1S/C22H23O3P/c1-4-19-10-8-9-13-22(19)25-26(23-20-11-6-5-7-12-20)24-21-15-14-17(2)16-18(21)3/h5-16H,4H2,1-3H3. The summed E-state index contributed by atoms with van der Waals surface area (Å²) >= 11 is 0. The van der Waals surface area contributed by atoms with Gasteiger partial charge in [0.15, 0.2) is 0 Å². The van der Waals surface area contributed by atoms with Crippen LogP contribution in [0.5, 0.6) is 17.2 Å². The summed E-state index contributed by atoms with van der Waals surface area (Å²) in [5, 5.41) is 0. The van der Waals surface area contributed by atoms with Crippen molar-refractivity contribution in [3.05, 3.63) is 89.5 Å². The van der Waals surface area contributed by atoms with Crippen LogP contribution in [0.2, 0.25) is 0 Å². The van der Waals surface area contributed by atoms with Crippen LogP contribution >= 0.6 is 8.60 Å². The first kappa shape index (κ1) is 18.3. The van der Waals surface area contributed by atoms with E-state index in [1.165, 1.54) is 5.56 Å². The van der Waals surface area contributed by atoms with Gasteiger partial charge in [-0.2, -0.15) is 0 Å². The van der Waals surface area contributed by atoms with Crippen molar-refractivity contribution < 1.29 is 13.6 Å². The molecule has 0 N–H and O–H groups in total. The van der Waals surface area contributed by atoms with Gasteiger partial charge in [-0.25, -0.2) is 0 Å². The normalized spacial score (nSPS) is 11.7. The van der Waals surface area contributed by atoms with Crippen molar-refractivity contribution in [1.82, 2.24) is 0 Å². The topological polar surface area (TPSA) is 27.7 Å². The number of hydrogen-bond donors (Lipinski definition) is 0. The van der Waals surface area contributed by atoms with Gasteiger partial charge in [0.1, 0.15) is 17.2 Å². The van der Waals surface area contributed by atoms with Crippen molar-refractivity contribution in [1.29, 1.82) is 0 Å². The van der Waals surface area contributed by atoms with E-state index in [1.54, 1.807) is 0 Å². The van der Waals surface area contributed by atoms with Crippen LogP contribution in [0.1, 0.15) is 23.6 Å². The number of aryl methyl sites for hydroxylation is 3. The number of rotatable bonds is 7. The SMILES string of the molecule is CCc1ccccc1OP(Oc1ccccc1)Oc1ccc(C)cc1C. The van der Waals surface area contributed by atoms with E-state index in [0.29, 0.717) is 0 Å². The maximum Gasteiger partial charge on any atom is 0.530 e. The minimum atomic E-state index is -1.64. The Morgan fingerprint density at radius 2 is 1.42 bits per heavy atom. The molecule has 4 heteroatoms. The fraction of sp³-hybridized carbons (Fsp3) is 0.182. The van der Waals surface area contributed by atoms with Crippen LogP contribution in [-0.2, 0) is 6.42 Å². The molecule has 26 heavy (non-hydrogen) atoms. The van der Waals surface area contributed by atoms with Crippen LogP contribution in [0.15, 0.2) is 72.8 Å². The smallest absolute Gasteiger partial charge is 0.409 e. The molecule has 1 atom stereocenters. The van der Waals surface area contributed by atoms with Gasteiger partial charge >= 0.3 is 8.60 Å². The van der Waals surface area contributed by atoms with E-state index in [9.17, 15) is 0 Å². The summed E-state index contributed by atoms with van der Waals surface area (Å²) in [6, 6.07) is 23.7. The third-order valence-corrected chi connectivity index (χ3v) is 5.00. The molecule has 0 amide bonds. The van der Waals surface area contributed by atoms with Crippen molar-refractivity contribution in [2.75, 3.05) is 0 Å². The Morgan fingerprint density at radius 3 is 2.15 bits per heavy atom. The minimum absolute atomic E-state index is 0.720. The fourth-order valence-electron chi connectivity index (χ4n) is 2.57. The third kappa shape index (κ3) is 4.77. The highest BCUT2D eigenvalue weighted by Crippen LogP contribution is 2.44. The van der Waals surface area contributed by atoms with Crippen LogP contribution in [0.4, 0.5) is 0 Å². The Labute approximate surface area is 156 Å². The molecule has 3 aromatic rings. The second kappa shape index (κ2) is 8.73. The largest absolute Gasteiger partial charge is 0.530 e. The van der Waals surface area contributed by atoms with Crippen molar-refractivity contribution >= 4 is 8.60 Å². The predicted octanol–water partition coefficient (Wildman–Crippen LogP) is 6.63. The second-order valence-corrected chi connectivity index (χ2v) is 7.04. The second-order valence-electron chi connectivity index (χ2n) is 6.04. The van der Waals surface area contributed by atoms with Crippen molar-refractivity contribution in [2.24, 2.45) is 0 Å². The number of para-hydroxylation sites is 2. The molecule has 0 aliphatic carbocycles. The Bertz CT molecular complexity index is 849. The van der Waals surface area contributed by atoms with Gasteiger partial charge in [-0.3, -0.25) is 0 Å². The lowest BCUT2D eigenvalue weighted by Gasteiger charge is -2.20. The van der Waals surface area contributed by atoms with Crippen LogP contribution in [-0.4, -0.2) is 0 Å². The molecule has 3 nitrogen and oxygen atoms in total. The Balaban J connectivity index is 1.85. The summed E-state index contributed by atoms with van der Waals surface area (Å²) in [5.74, 6) is 2.28. The van der Waals surface area contributed by atoms with Gasteiger partial charge < -0.3 is 13.6 Å². The van der Waals surface area contributed by atoms with Crippen LogP contribution in [0.3, 0.4) is 0 Å². The Morgan fingerprint density at radius 1 is 0.731 bits per heavy atom. The average Bonchev–Trinajstić information content (AvgIpc) is 2.65. The van der Waals surface area contributed by atoms with E-state index in [0.717, 1.165) is 34.8 Å². The van der Waals surface area contributed by atoms with Gasteiger partial charge in [-0.05, 0) is 55.7 Å². The van der Waals surface area contributed by atoms with Gasteiger partial charge in [0.05, 0.1) is 0 Å². The van der Waals surface area contributed by atoms with E-state index in [-0.39, 0.29) is 0 Å². The first-order valence-electron chi connectivity index (χ1n) is 8.70. The van der Waals surface area contributed by atoms with Crippen molar-refractivity contribution in [2.45, 2.75) is 27.2 Å². The van der Waals surface area contributed by atoms with Gasteiger partial charge in [-0.1, -0.05) is 61.0 Å². The molecular weight excluding hydrogens is 343 g/mol. The zero-order chi connectivity index (χ0) is 18.4. The monoisotopic (exact) mass is 366 g/mol. The zero-order valence-corrected chi connectivity index (χ0v) is 16.2. The van der Waals surface area contributed by atoms with Gasteiger partial charge in [-0.15, -0.1) is 0 Å². The lowest BCUT2D eigenvalue weighted by atomic mass is 10.1. The molecule has 1 unspecified atom stereocenters. The molecule has 0 radical (unpaired) electrons. The van der Waals surface area contributed by atoms with Crippen LogP contribution in [0.25, 0.3) is 0 Å². The van der Waals surface area contributed by atoms with Crippen LogP contribution in [0, 0.1) is 13.8 Å². The zero-order valence-electron chi connectivity index (χ0n) is 15.3. The molecule has 0 fully saturated rings. The van der Waals surface area contributed by atoms with E-state index in [4.69, 9.17) is 13.6 Å². The van der Waals surface area contributed by atoms with Gasteiger partial charge in [0, 0.05) is 0 Å². The van der Waals surface area contributed by atoms with E-state index >= 15 is 0 Å². The number of benzene rings is 3. The van der Waals surface area contributed by atoms with Gasteiger partial charge in [0.2, 0.25) is 0 Å². The van der Waals surface area contributed by atoms with E-state index < -0.39 is 8.60 Å². The molecule has 134 valence electrons. The molecule has 0 heterocycles. The van der Waals surface area contributed by atoms with Crippen molar-refractivity contribution in [3.8, 4) is 17.2 Å². The molecule has 0 aromatic heterocycles. The lowest BCUT2D eigenvalue weighted by molar-refractivity contribution is 0.385. The van der Waals surface area contributed by atoms with Gasteiger partial charge in [0.25, 0.3) is 0 Å². The summed E-state index contributed by atoms with van der Waals surface area (Å²) in [5.41, 5.74) is 3.38. The number of hydrogen-bond acceptors (Lipinski definition) is 3. The maximum atomic E-state index is 6.15. The van der Waals surface area contributed by atoms with Crippen LogP contribution < -0.4 is 13.6 Å². The molecule has 0 aliphatic rings. The fourth-order valence-corrected chi connectivity index (χ4v) is 3.68. The lowest BCUT2D eigenvalue weighted by Crippen LogP contribution is -2.04. The maximum absolute atomic E-state index is 6.15. The Kier molecular flexibility index (Phi) is 6.14. The summed E-state index contributed by atoms with van der Waals surface area (Å²) in [4.78, 5) is 0.